The molecule has 0 aliphatic carbocycles. The summed E-state index contributed by atoms with van der Waals surface area (Å²) in [6.45, 7) is 2.55. The van der Waals surface area contributed by atoms with Gasteiger partial charge < -0.3 is 9.72 Å². The molecule has 3 aromatic rings. The number of benzene rings is 1. The van der Waals surface area contributed by atoms with Gasteiger partial charge in [-0.15, -0.1) is 0 Å². The van der Waals surface area contributed by atoms with Crippen molar-refractivity contribution in [3.8, 4) is 17.6 Å². The number of hydrogen-bond acceptors (Lipinski definition) is 6. The number of aryl methyl sites for hydroxylation is 2. The molecular weight excluding hydrogens is 458 g/mol. The number of rotatable bonds is 4. The number of nitrogens with one attached hydrogen (secondary N) is 1. The maximum Gasteiger partial charge on any atom is 0.437 e. The molecule has 1 aromatic carbocycles. The first-order valence-electron chi connectivity index (χ1n) is 8.72. The zero-order valence-corrected chi connectivity index (χ0v) is 17.1. The van der Waals surface area contributed by atoms with Crippen molar-refractivity contribution in [3.05, 3.63) is 78.3 Å². The number of nitriles is 1. The first-order valence-corrected chi connectivity index (χ1v) is 9.10. The highest BCUT2D eigenvalue weighted by Gasteiger charge is 2.39. The molecule has 32 heavy (non-hydrogen) atoms. The van der Waals surface area contributed by atoms with Crippen LogP contribution in [-0.4, -0.2) is 19.5 Å². The largest absolute Gasteiger partial charge is 0.446 e. The summed E-state index contributed by atoms with van der Waals surface area (Å²) in [4.78, 5) is 34.7. The van der Waals surface area contributed by atoms with Crippen molar-refractivity contribution in [2.45, 2.75) is 26.6 Å². The Bertz CT molecular complexity index is 1380. The van der Waals surface area contributed by atoms with Gasteiger partial charge in [0.25, 0.3) is 11.1 Å². The molecule has 166 valence electrons. The third kappa shape index (κ3) is 4.47. The molecule has 0 aliphatic heterocycles. The number of nitrogens with zero attached hydrogens (tertiary/aromatic N) is 4. The van der Waals surface area contributed by atoms with Gasteiger partial charge in [0.15, 0.2) is 17.3 Å². The minimum absolute atomic E-state index is 0.00547. The van der Waals surface area contributed by atoms with Gasteiger partial charge in [0.1, 0.15) is 11.9 Å². The number of halogens is 5. The van der Waals surface area contributed by atoms with Gasteiger partial charge >= 0.3 is 6.18 Å². The van der Waals surface area contributed by atoms with Gasteiger partial charge in [0.05, 0.1) is 24.0 Å². The number of aromatic amines is 1. The van der Waals surface area contributed by atoms with Gasteiger partial charge in [-0.2, -0.15) is 18.4 Å². The summed E-state index contributed by atoms with van der Waals surface area (Å²) in [5.41, 5.74) is -4.00. The van der Waals surface area contributed by atoms with Crippen LogP contribution in [0.15, 0.2) is 28.0 Å². The van der Waals surface area contributed by atoms with Crippen LogP contribution < -0.4 is 15.9 Å². The molecule has 0 fully saturated rings. The van der Waals surface area contributed by atoms with Crippen LogP contribution in [0.5, 0.6) is 11.5 Å². The summed E-state index contributed by atoms with van der Waals surface area (Å²) >= 11 is 5.76. The second-order valence-electron chi connectivity index (χ2n) is 6.55. The normalized spacial score (nSPS) is 11.3. The monoisotopic (exact) mass is 469 g/mol. The van der Waals surface area contributed by atoms with E-state index in [2.05, 4.69) is 15.0 Å². The first kappa shape index (κ1) is 23.0. The molecule has 0 bridgehead atoms. The second-order valence-corrected chi connectivity index (χ2v) is 6.98. The van der Waals surface area contributed by atoms with Crippen LogP contribution in [0.2, 0.25) is 5.02 Å². The number of hydrogen-bond donors (Lipinski definition) is 1. The maximum atomic E-state index is 14.4. The molecule has 13 heteroatoms. The summed E-state index contributed by atoms with van der Waals surface area (Å²) in [6.07, 6.45) is -4.54. The number of H-pyrrole nitrogens is 1. The van der Waals surface area contributed by atoms with Crippen LogP contribution in [-0.2, 0) is 12.7 Å². The number of aromatic nitrogens is 4. The first-order chi connectivity index (χ1) is 14.9. The van der Waals surface area contributed by atoms with Gasteiger partial charge in [-0.3, -0.25) is 14.2 Å². The van der Waals surface area contributed by atoms with Crippen molar-refractivity contribution in [2.24, 2.45) is 0 Å². The molecule has 0 radical (unpaired) electrons. The third-order valence-electron chi connectivity index (χ3n) is 4.27. The zero-order valence-electron chi connectivity index (χ0n) is 16.3. The molecule has 0 unspecified atom stereocenters. The highest BCUT2D eigenvalue weighted by Crippen LogP contribution is 2.36. The summed E-state index contributed by atoms with van der Waals surface area (Å²) in [6, 6.07) is 3.23. The Morgan fingerprint density at radius 3 is 2.56 bits per heavy atom. The highest BCUT2D eigenvalue weighted by molar-refractivity contribution is 6.30. The lowest BCUT2D eigenvalue weighted by atomic mass is 10.2. The summed E-state index contributed by atoms with van der Waals surface area (Å²) in [5, 5.41) is 8.75. The summed E-state index contributed by atoms with van der Waals surface area (Å²) in [5.74, 6) is -3.22. The Balaban J connectivity index is 2.18. The lowest BCUT2D eigenvalue weighted by molar-refractivity contribution is -0.142. The van der Waals surface area contributed by atoms with E-state index in [1.54, 1.807) is 0 Å². The molecule has 2 aromatic heterocycles. The Kier molecular flexibility index (Phi) is 6.05. The molecular formula is C19H12ClF4N5O3. The van der Waals surface area contributed by atoms with Gasteiger partial charge in [-0.05, 0) is 19.9 Å². The van der Waals surface area contributed by atoms with Crippen molar-refractivity contribution in [3.63, 3.8) is 0 Å². The Hall–Kier alpha value is -3.72. The minimum atomic E-state index is -5.13. The average Bonchev–Trinajstić information content (AvgIpc) is 2.68. The van der Waals surface area contributed by atoms with Gasteiger partial charge in [0, 0.05) is 16.8 Å². The molecule has 0 amide bonds. The van der Waals surface area contributed by atoms with Crippen LogP contribution in [0, 0.1) is 31.0 Å². The van der Waals surface area contributed by atoms with E-state index >= 15 is 0 Å². The van der Waals surface area contributed by atoms with Crippen molar-refractivity contribution in [1.29, 1.82) is 5.26 Å². The summed E-state index contributed by atoms with van der Waals surface area (Å²) < 4.78 is 60.4. The van der Waals surface area contributed by atoms with Gasteiger partial charge in [-0.25, -0.2) is 14.4 Å². The van der Waals surface area contributed by atoms with E-state index < -0.39 is 52.4 Å². The molecule has 1 N–H and O–H groups in total. The van der Waals surface area contributed by atoms with Crippen LogP contribution in [0.1, 0.15) is 28.3 Å². The SMILES string of the molecule is Cc1nc(C)c(Cn2cnc(C(F)(F)F)c(Oc3cc(Cl)cc(C#N)c3F)c2=O)c(=O)[nH]1. The van der Waals surface area contributed by atoms with E-state index in [1.165, 1.54) is 19.9 Å². The molecule has 0 saturated carbocycles. The predicted molar refractivity (Wildman–Crippen MR) is 103 cm³/mol. The number of alkyl halides is 3. The van der Waals surface area contributed by atoms with Crippen molar-refractivity contribution in [2.75, 3.05) is 0 Å². The van der Waals surface area contributed by atoms with E-state index in [-0.39, 0.29) is 16.3 Å². The Labute approximate surface area is 181 Å². The standard InChI is InChI=1S/C19H12ClF4N5O3/c1-8-12(17(30)28-9(2)27-8)6-29-7-26-16(19(22,23)24)15(18(29)31)32-13-4-11(20)3-10(5-25)14(13)21/h3-4,7H,6H2,1-2H3,(H,27,28,30). The molecule has 2 heterocycles. The summed E-state index contributed by atoms with van der Waals surface area (Å²) in [7, 11) is 0. The minimum Gasteiger partial charge on any atom is -0.446 e. The molecule has 0 atom stereocenters. The van der Waals surface area contributed by atoms with Crippen molar-refractivity contribution >= 4 is 11.6 Å². The quantitative estimate of drug-likeness (QED) is 0.585. The average molecular weight is 470 g/mol. The second kappa shape index (κ2) is 8.43. The van der Waals surface area contributed by atoms with Crippen molar-refractivity contribution < 1.29 is 22.3 Å². The smallest absolute Gasteiger partial charge is 0.437 e. The van der Waals surface area contributed by atoms with Gasteiger partial charge in [-0.1, -0.05) is 11.6 Å². The fraction of sp³-hybridized carbons (Fsp3) is 0.211. The highest BCUT2D eigenvalue weighted by atomic mass is 35.5. The fourth-order valence-corrected chi connectivity index (χ4v) is 3.02. The molecule has 0 saturated heterocycles. The van der Waals surface area contributed by atoms with Crippen LogP contribution in [0.3, 0.4) is 0 Å². The third-order valence-corrected chi connectivity index (χ3v) is 4.49. The molecule has 0 spiro atoms. The van der Waals surface area contributed by atoms with Crippen molar-refractivity contribution in [1.82, 2.24) is 19.5 Å². The molecule has 3 rings (SSSR count). The lowest BCUT2D eigenvalue weighted by Crippen LogP contribution is -2.29. The van der Waals surface area contributed by atoms with E-state index in [0.29, 0.717) is 16.7 Å². The lowest BCUT2D eigenvalue weighted by Gasteiger charge is -2.15. The van der Waals surface area contributed by atoms with Crippen LogP contribution in [0.4, 0.5) is 17.6 Å². The van der Waals surface area contributed by atoms with E-state index in [9.17, 15) is 27.2 Å². The topological polar surface area (TPSA) is 114 Å². The van der Waals surface area contributed by atoms with Gasteiger partial charge in [0.2, 0.25) is 5.75 Å². The predicted octanol–water partition coefficient (Wildman–Crippen LogP) is 3.47. The van der Waals surface area contributed by atoms with E-state index in [0.717, 1.165) is 12.1 Å². The van der Waals surface area contributed by atoms with Crippen LogP contribution >= 0.6 is 11.6 Å². The maximum absolute atomic E-state index is 14.4. The molecule has 0 aliphatic rings. The molecule has 8 nitrogen and oxygen atoms in total. The van der Waals surface area contributed by atoms with E-state index in [4.69, 9.17) is 21.6 Å². The fourth-order valence-electron chi connectivity index (χ4n) is 2.81. The van der Waals surface area contributed by atoms with Crippen LogP contribution in [0.25, 0.3) is 0 Å². The Morgan fingerprint density at radius 2 is 1.97 bits per heavy atom. The number of ether oxygens (including phenoxy) is 1. The Morgan fingerprint density at radius 1 is 1.28 bits per heavy atom. The van der Waals surface area contributed by atoms with E-state index in [1.807, 2.05) is 0 Å². The zero-order chi connectivity index (χ0) is 23.8.